The van der Waals surface area contributed by atoms with Gasteiger partial charge in [0.25, 0.3) is 0 Å². The summed E-state index contributed by atoms with van der Waals surface area (Å²) in [6.07, 6.45) is 2.98. The van der Waals surface area contributed by atoms with Crippen molar-refractivity contribution in [2.24, 2.45) is 5.73 Å². The number of rotatable bonds is 9. The van der Waals surface area contributed by atoms with Gasteiger partial charge in [0.2, 0.25) is 16.0 Å². The van der Waals surface area contributed by atoms with E-state index in [4.69, 9.17) is 5.73 Å². The van der Waals surface area contributed by atoms with E-state index in [1.807, 2.05) is 0 Å². The average molecular weight is 504 g/mol. The van der Waals surface area contributed by atoms with Crippen molar-refractivity contribution >= 4 is 33.2 Å². The molecule has 0 saturated carbocycles. The molecular weight excluding hydrogens is 476 g/mol. The Balaban J connectivity index is 1.47. The normalized spacial score (nSPS) is 14.7. The second-order valence-electron chi connectivity index (χ2n) is 8.05. The van der Waals surface area contributed by atoms with Gasteiger partial charge in [0.05, 0.1) is 4.90 Å². The second-order valence-corrected chi connectivity index (χ2v) is 9.94. The highest BCUT2D eigenvalue weighted by Gasteiger charge is 2.31. The van der Waals surface area contributed by atoms with E-state index in [9.17, 15) is 17.2 Å². The van der Waals surface area contributed by atoms with Gasteiger partial charge in [0.1, 0.15) is 5.82 Å². The van der Waals surface area contributed by atoms with Gasteiger partial charge in [-0.2, -0.15) is 9.29 Å². The number of halogens is 2. The number of nitrogens with two attached hydrogens (primary N) is 1. The third-order valence-electron chi connectivity index (χ3n) is 5.63. The van der Waals surface area contributed by atoms with Gasteiger partial charge in [-0.25, -0.2) is 22.2 Å². The Morgan fingerprint density at radius 1 is 1.00 bits per heavy atom. The van der Waals surface area contributed by atoms with Crippen LogP contribution in [0.25, 0.3) is 0 Å². The molecule has 2 heterocycles. The Labute approximate surface area is 202 Å². The predicted octanol–water partition coefficient (Wildman–Crippen LogP) is 2.94. The van der Waals surface area contributed by atoms with Gasteiger partial charge in [-0.3, -0.25) is 0 Å². The van der Waals surface area contributed by atoms with E-state index < -0.39 is 21.7 Å². The predicted molar refractivity (Wildman–Crippen MR) is 130 cm³/mol. The highest BCUT2D eigenvalue weighted by molar-refractivity contribution is 7.89. The first kappa shape index (κ1) is 24.9. The first-order valence-corrected chi connectivity index (χ1v) is 12.7. The first-order chi connectivity index (χ1) is 16.9. The Kier molecular flexibility index (Phi) is 7.86. The summed E-state index contributed by atoms with van der Waals surface area (Å²) in [4.78, 5) is 8.64. The molecule has 2 aromatic carbocycles. The third-order valence-corrected chi connectivity index (χ3v) is 7.60. The van der Waals surface area contributed by atoms with E-state index in [1.54, 1.807) is 18.2 Å². The molecule has 12 heteroatoms. The lowest BCUT2D eigenvalue weighted by Crippen LogP contribution is -2.47. The van der Waals surface area contributed by atoms with Crippen LogP contribution in [0.3, 0.4) is 0 Å². The van der Waals surface area contributed by atoms with Crippen molar-refractivity contribution in [1.29, 1.82) is 0 Å². The van der Waals surface area contributed by atoms with Crippen molar-refractivity contribution < 1.29 is 17.2 Å². The number of hydrogen-bond donors (Lipinski definition) is 4. The Morgan fingerprint density at radius 2 is 1.71 bits per heavy atom. The summed E-state index contributed by atoms with van der Waals surface area (Å²) in [5.41, 5.74) is 6.63. The van der Waals surface area contributed by atoms with E-state index in [1.165, 1.54) is 28.7 Å². The fourth-order valence-corrected chi connectivity index (χ4v) is 5.61. The van der Waals surface area contributed by atoms with Gasteiger partial charge in [0, 0.05) is 42.8 Å². The van der Waals surface area contributed by atoms with Crippen molar-refractivity contribution in [3.8, 4) is 0 Å². The molecular formula is C23H27F2N7O2S. The van der Waals surface area contributed by atoms with Gasteiger partial charge in [-0.1, -0.05) is 0 Å². The zero-order valence-electron chi connectivity index (χ0n) is 18.9. The summed E-state index contributed by atoms with van der Waals surface area (Å²) >= 11 is 0. The van der Waals surface area contributed by atoms with Gasteiger partial charge in [-0.05, 0) is 68.4 Å². The van der Waals surface area contributed by atoms with Crippen molar-refractivity contribution in [1.82, 2.24) is 19.6 Å². The van der Waals surface area contributed by atoms with Crippen LogP contribution in [-0.2, 0) is 10.0 Å². The molecule has 3 aromatic rings. The number of nitrogens with zero attached hydrogens (tertiary/aromatic N) is 3. The fraction of sp³-hybridized carbons (Fsp3) is 0.304. The van der Waals surface area contributed by atoms with E-state index in [0.29, 0.717) is 17.2 Å². The summed E-state index contributed by atoms with van der Waals surface area (Å²) < 4.78 is 54.7. The summed E-state index contributed by atoms with van der Waals surface area (Å²) in [5, 5.41) is 9.15. The smallest absolute Gasteiger partial charge is 0.243 e. The Bertz CT molecular complexity index is 1250. The minimum absolute atomic E-state index is 0.0826. The van der Waals surface area contributed by atoms with E-state index in [2.05, 4.69) is 25.9 Å². The number of piperidine rings is 1. The van der Waals surface area contributed by atoms with Crippen LogP contribution in [0.4, 0.5) is 31.9 Å². The number of anilines is 4. The number of benzene rings is 2. The largest absolute Gasteiger partial charge is 0.340 e. The molecule has 35 heavy (non-hydrogen) atoms. The van der Waals surface area contributed by atoms with E-state index in [0.717, 1.165) is 38.1 Å². The second kappa shape index (κ2) is 11.0. The van der Waals surface area contributed by atoms with Crippen LogP contribution in [0.2, 0.25) is 0 Å². The zero-order valence-corrected chi connectivity index (χ0v) is 19.7. The molecule has 9 nitrogen and oxygen atoms in total. The minimum atomic E-state index is -3.70. The highest BCUT2D eigenvalue weighted by atomic mass is 32.2. The minimum Gasteiger partial charge on any atom is -0.340 e. The van der Waals surface area contributed by atoms with Gasteiger partial charge in [-0.15, -0.1) is 0 Å². The van der Waals surface area contributed by atoms with Gasteiger partial charge >= 0.3 is 0 Å². The maximum atomic E-state index is 13.4. The van der Waals surface area contributed by atoms with Crippen LogP contribution >= 0.6 is 0 Å². The van der Waals surface area contributed by atoms with Crippen molar-refractivity contribution in [3.63, 3.8) is 0 Å². The number of aromatic nitrogens is 2. The molecule has 0 aliphatic carbocycles. The van der Waals surface area contributed by atoms with Crippen molar-refractivity contribution in [3.05, 3.63) is 66.4 Å². The molecule has 0 radical (unpaired) electrons. The van der Waals surface area contributed by atoms with Crippen LogP contribution < -0.4 is 21.7 Å². The summed E-state index contributed by atoms with van der Waals surface area (Å²) in [7, 11) is -3.70. The average Bonchev–Trinajstić information content (AvgIpc) is 2.86. The summed E-state index contributed by atoms with van der Waals surface area (Å²) in [5.74, 6) is -1.30. The molecule has 1 saturated heterocycles. The molecule has 0 amide bonds. The van der Waals surface area contributed by atoms with Crippen molar-refractivity contribution in [2.75, 3.05) is 36.8 Å². The molecule has 0 spiro atoms. The lowest BCUT2D eigenvalue weighted by atomic mass is 10.1. The standard InChI is InChI=1S/C23H27F2N7O2S/c24-20-6-3-17(15-21(20)25)29-22-9-13-28-23(31-22)30-16-1-4-19(5-2-16)35(33,34)32(14-10-26)18-7-11-27-12-8-18/h1-6,9,13,15,18,27H,7-8,10-12,14,26H2,(H2,28,29,30,31). The number of nitrogens with one attached hydrogen (secondary N) is 3. The number of sulfonamides is 1. The van der Waals surface area contributed by atoms with Crippen LogP contribution in [0, 0.1) is 11.6 Å². The SMILES string of the molecule is NCCN(C1CCNCC1)S(=O)(=O)c1ccc(Nc2nccc(Nc3ccc(F)c(F)c3)n2)cc1. The van der Waals surface area contributed by atoms with Gasteiger partial charge in [0.15, 0.2) is 11.6 Å². The lowest BCUT2D eigenvalue weighted by molar-refractivity contribution is 0.266. The molecule has 1 fully saturated rings. The third kappa shape index (κ3) is 6.09. The van der Waals surface area contributed by atoms with E-state index in [-0.39, 0.29) is 30.0 Å². The maximum Gasteiger partial charge on any atom is 0.243 e. The molecule has 0 atom stereocenters. The topological polar surface area (TPSA) is 125 Å². The lowest BCUT2D eigenvalue weighted by Gasteiger charge is -2.33. The molecule has 0 unspecified atom stereocenters. The summed E-state index contributed by atoms with van der Waals surface area (Å²) in [6, 6.07) is 11.3. The zero-order chi connectivity index (χ0) is 24.8. The first-order valence-electron chi connectivity index (χ1n) is 11.2. The number of hydrogen-bond acceptors (Lipinski definition) is 8. The Hall–Kier alpha value is -3.19. The molecule has 4 rings (SSSR count). The molecule has 1 aliphatic heterocycles. The summed E-state index contributed by atoms with van der Waals surface area (Å²) in [6.45, 7) is 2.05. The quantitative estimate of drug-likeness (QED) is 0.351. The fourth-order valence-electron chi connectivity index (χ4n) is 3.91. The molecule has 0 bridgehead atoms. The van der Waals surface area contributed by atoms with Crippen LogP contribution in [0.1, 0.15) is 12.8 Å². The van der Waals surface area contributed by atoms with Crippen LogP contribution in [0.15, 0.2) is 59.6 Å². The Morgan fingerprint density at radius 3 is 2.40 bits per heavy atom. The van der Waals surface area contributed by atoms with Crippen LogP contribution in [0.5, 0.6) is 0 Å². The molecule has 1 aliphatic rings. The molecule has 1 aromatic heterocycles. The molecule has 5 N–H and O–H groups in total. The van der Waals surface area contributed by atoms with Gasteiger partial charge < -0.3 is 21.7 Å². The monoisotopic (exact) mass is 503 g/mol. The highest BCUT2D eigenvalue weighted by Crippen LogP contribution is 2.25. The van der Waals surface area contributed by atoms with Crippen LogP contribution in [-0.4, -0.2) is 54.9 Å². The maximum absolute atomic E-state index is 13.4. The molecule has 186 valence electrons. The van der Waals surface area contributed by atoms with Crippen molar-refractivity contribution in [2.45, 2.75) is 23.8 Å². The van der Waals surface area contributed by atoms with E-state index >= 15 is 0 Å².